The van der Waals surface area contributed by atoms with Gasteiger partial charge in [-0.25, -0.2) is 8.42 Å². The van der Waals surface area contributed by atoms with E-state index in [1.807, 2.05) is 0 Å². The molecule has 18 heavy (non-hydrogen) atoms. The van der Waals surface area contributed by atoms with Gasteiger partial charge >= 0.3 is 0 Å². The SMILES string of the molecule is Cc1c(C(N)=O)oc2cccc(NS(C)(=O)=O)c12. The van der Waals surface area contributed by atoms with Gasteiger partial charge in [0.2, 0.25) is 10.0 Å². The first-order valence-corrected chi connectivity index (χ1v) is 6.98. The van der Waals surface area contributed by atoms with E-state index in [-0.39, 0.29) is 5.76 Å². The summed E-state index contributed by atoms with van der Waals surface area (Å²) in [4.78, 5) is 11.2. The van der Waals surface area contributed by atoms with Crippen LogP contribution in [0.1, 0.15) is 16.1 Å². The Hall–Kier alpha value is -2.02. The molecule has 0 radical (unpaired) electrons. The second kappa shape index (κ2) is 4.02. The number of carbonyl (C=O) groups excluding carboxylic acids is 1. The van der Waals surface area contributed by atoms with E-state index in [1.54, 1.807) is 25.1 Å². The van der Waals surface area contributed by atoms with E-state index in [0.717, 1.165) is 6.26 Å². The summed E-state index contributed by atoms with van der Waals surface area (Å²) in [6, 6.07) is 4.86. The Balaban J connectivity index is 2.73. The number of anilines is 1. The number of furan rings is 1. The highest BCUT2D eigenvalue weighted by Gasteiger charge is 2.18. The van der Waals surface area contributed by atoms with Crippen molar-refractivity contribution in [2.75, 3.05) is 11.0 Å². The Morgan fingerprint density at radius 1 is 1.39 bits per heavy atom. The molecule has 1 aromatic heterocycles. The minimum atomic E-state index is -3.40. The third-order valence-corrected chi connectivity index (χ3v) is 3.06. The van der Waals surface area contributed by atoms with Gasteiger partial charge in [-0.15, -0.1) is 0 Å². The van der Waals surface area contributed by atoms with Gasteiger partial charge in [0, 0.05) is 10.9 Å². The predicted molar refractivity (Wildman–Crippen MR) is 67.9 cm³/mol. The van der Waals surface area contributed by atoms with E-state index in [9.17, 15) is 13.2 Å². The molecular weight excluding hydrogens is 256 g/mol. The molecule has 2 rings (SSSR count). The number of hydrogen-bond donors (Lipinski definition) is 2. The predicted octanol–water partition coefficient (Wildman–Crippen LogP) is 1.21. The lowest BCUT2D eigenvalue weighted by molar-refractivity contribution is 0.0975. The Morgan fingerprint density at radius 3 is 2.61 bits per heavy atom. The van der Waals surface area contributed by atoms with E-state index >= 15 is 0 Å². The molecule has 2 aromatic rings. The van der Waals surface area contributed by atoms with Crippen LogP contribution in [-0.4, -0.2) is 20.6 Å². The maximum absolute atomic E-state index is 11.3. The first kappa shape index (κ1) is 12.4. The Bertz CT molecular complexity index is 731. The molecule has 0 saturated carbocycles. The van der Waals surface area contributed by atoms with E-state index in [1.165, 1.54) is 0 Å². The minimum Gasteiger partial charge on any atom is -0.451 e. The van der Waals surface area contributed by atoms with Gasteiger partial charge < -0.3 is 10.2 Å². The third-order valence-electron chi connectivity index (χ3n) is 2.47. The van der Waals surface area contributed by atoms with Gasteiger partial charge in [0.25, 0.3) is 5.91 Å². The van der Waals surface area contributed by atoms with Gasteiger partial charge in [-0.05, 0) is 19.1 Å². The summed E-state index contributed by atoms with van der Waals surface area (Å²) in [5.74, 6) is -0.651. The molecule has 6 nitrogen and oxygen atoms in total. The number of hydrogen-bond acceptors (Lipinski definition) is 4. The van der Waals surface area contributed by atoms with Crippen LogP contribution >= 0.6 is 0 Å². The highest BCUT2D eigenvalue weighted by atomic mass is 32.2. The van der Waals surface area contributed by atoms with Gasteiger partial charge in [-0.2, -0.15) is 0 Å². The van der Waals surface area contributed by atoms with Crippen LogP contribution < -0.4 is 10.5 Å². The van der Waals surface area contributed by atoms with Crippen molar-refractivity contribution in [2.45, 2.75) is 6.92 Å². The zero-order valence-corrected chi connectivity index (χ0v) is 10.7. The Kier molecular flexibility index (Phi) is 2.78. The third kappa shape index (κ3) is 2.17. The molecule has 0 spiro atoms. The normalized spacial score (nSPS) is 11.7. The van der Waals surface area contributed by atoms with Crippen molar-refractivity contribution in [3.05, 3.63) is 29.5 Å². The molecule has 1 heterocycles. The van der Waals surface area contributed by atoms with Crippen LogP contribution in [-0.2, 0) is 10.0 Å². The zero-order valence-electron chi connectivity index (χ0n) is 9.85. The van der Waals surface area contributed by atoms with Crippen molar-refractivity contribution >= 4 is 32.6 Å². The maximum atomic E-state index is 11.3. The molecule has 0 bridgehead atoms. The molecule has 0 atom stereocenters. The van der Waals surface area contributed by atoms with Crippen LogP contribution in [0.3, 0.4) is 0 Å². The van der Waals surface area contributed by atoms with Crippen LogP contribution in [0, 0.1) is 6.92 Å². The van der Waals surface area contributed by atoms with E-state index in [2.05, 4.69) is 4.72 Å². The number of fused-ring (bicyclic) bond motifs is 1. The van der Waals surface area contributed by atoms with Gasteiger partial charge in [0.15, 0.2) is 5.76 Å². The van der Waals surface area contributed by atoms with Crippen LogP contribution in [0.5, 0.6) is 0 Å². The molecule has 96 valence electrons. The van der Waals surface area contributed by atoms with Gasteiger partial charge in [0.1, 0.15) is 5.58 Å². The summed E-state index contributed by atoms with van der Waals surface area (Å²) < 4.78 is 30.2. The van der Waals surface area contributed by atoms with Gasteiger partial charge in [-0.3, -0.25) is 9.52 Å². The number of amides is 1. The smallest absolute Gasteiger partial charge is 0.284 e. The van der Waals surface area contributed by atoms with Crippen LogP contribution in [0.2, 0.25) is 0 Å². The maximum Gasteiger partial charge on any atom is 0.284 e. The topological polar surface area (TPSA) is 102 Å². The van der Waals surface area contributed by atoms with Crippen molar-refractivity contribution in [3.63, 3.8) is 0 Å². The molecule has 0 aliphatic rings. The molecule has 0 unspecified atom stereocenters. The molecule has 0 fully saturated rings. The fourth-order valence-corrected chi connectivity index (χ4v) is 2.39. The number of sulfonamides is 1. The molecule has 0 aliphatic heterocycles. The summed E-state index contributed by atoms with van der Waals surface area (Å²) >= 11 is 0. The summed E-state index contributed by atoms with van der Waals surface area (Å²) in [7, 11) is -3.40. The summed E-state index contributed by atoms with van der Waals surface area (Å²) in [5.41, 5.74) is 6.48. The van der Waals surface area contributed by atoms with Crippen LogP contribution in [0.15, 0.2) is 22.6 Å². The van der Waals surface area contributed by atoms with Crippen LogP contribution in [0.4, 0.5) is 5.69 Å². The molecule has 1 amide bonds. The lowest BCUT2D eigenvalue weighted by atomic mass is 10.1. The molecule has 1 aromatic carbocycles. The Labute approximate surface area is 104 Å². The second-order valence-corrected chi connectivity index (χ2v) is 5.72. The largest absolute Gasteiger partial charge is 0.451 e. The van der Waals surface area contributed by atoms with Crippen LogP contribution in [0.25, 0.3) is 11.0 Å². The Morgan fingerprint density at radius 2 is 2.06 bits per heavy atom. The van der Waals surface area contributed by atoms with Gasteiger partial charge in [0.05, 0.1) is 11.9 Å². The standard InChI is InChI=1S/C11H12N2O4S/c1-6-9-7(13-18(2,15)16)4-3-5-8(9)17-10(6)11(12)14/h3-5,13H,1-2H3,(H2,12,14). The number of benzene rings is 1. The number of primary amides is 1. The summed E-state index contributed by atoms with van der Waals surface area (Å²) in [6.45, 7) is 1.65. The van der Waals surface area contributed by atoms with E-state index in [4.69, 9.17) is 10.2 Å². The van der Waals surface area contributed by atoms with E-state index < -0.39 is 15.9 Å². The first-order chi connectivity index (χ1) is 8.29. The average molecular weight is 268 g/mol. The van der Waals surface area contributed by atoms with Crippen molar-refractivity contribution in [2.24, 2.45) is 5.73 Å². The number of carbonyl (C=O) groups is 1. The van der Waals surface area contributed by atoms with E-state index in [0.29, 0.717) is 22.2 Å². The summed E-state index contributed by atoms with van der Waals surface area (Å²) in [5, 5.41) is 0.539. The molecule has 0 saturated heterocycles. The van der Waals surface area contributed by atoms with Crippen molar-refractivity contribution in [3.8, 4) is 0 Å². The first-order valence-electron chi connectivity index (χ1n) is 5.09. The fourth-order valence-electron chi connectivity index (χ4n) is 1.82. The molecule has 7 heteroatoms. The fraction of sp³-hybridized carbons (Fsp3) is 0.182. The van der Waals surface area contributed by atoms with Crippen molar-refractivity contribution in [1.82, 2.24) is 0 Å². The lowest BCUT2D eigenvalue weighted by Gasteiger charge is -2.05. The molecule has 3 N–H and O–H groups in total. The van der Waals surface area contributed by atoms with Crippen molar-refractivity contribution in [1.29, 1.82) is 0 Å². The second-order valence-electron chi connectivity index (χ2n) is 3.97. The highest BCUT2D eigenvalue weighted by Crippen LogP contribution is 2.31. The number of rotatable bonds is 3. The van der Waals surface area contributed by atoms with Crippen molar-refractivity contribution < 1.29 is 17.6 Å². The molecule has 0 aliphatic carbocycles. The number of nitrogens with two attached hydrogens (primary N) is 1. The quantitative estimate of drug-likeness (QED) is 0.873. The highest BCUT2D eigenvalue weighted by molar-refractivity contribution is 7.92. The number of nitrogens with one attached hydrogen (secondary N) is 1. The summed E-state index contributed by atoms with van der Waals surface area (Å²) in [6.07, 6.45) is 1.05. The van der Waals surface area contributed by atoms with Gasteiger partial charge in [-0.1, -0.05) is 6.07 Å². The average Bonchev–Trinajstić information content (AvgIpc) is 2.55. The molecular formula is C11H12N2O4S. The zero-order chi connectivity index (χ0) is 13.5. The monoisotopic (exact) mass is 268 g/mol. The number of aryl methyl sites for hydroxylation is 1. The lowest BCUT2D eigenvalue weighted by Crippen LogP contribution is -2.11. The minimum absolute atomic E-state index is 0.0350.